The Labute approximate surface area is 610 Å². The summed E-state index contributed by atoms with van der Waals surface area (Å²) >= 11 is 6.73. The van der Waals surface area contributed by atoms with Gasteiger partial charge < -0.3 is 66.9 Å². The molecule has 6 aromatic carbocycles. The van der Waals surface area contributed by atoms with E-state index in [-0.39, 0.29) is 51.7 Å². The minimum Gasteiger partial charge on any atom is -0.492 e. The third-order valence-corrected chi connectivity index (χ3v) is 14.3. The summed E-state index contributed by atoms with van der Waals surface area (Å²) in [6.45, 7) is 16.4. The number of hydrogen-bond donors (Lipinski definition) is 6. The van der Waals surface area contributed by atoms with E-state index < -0.39 is 40.0 Å². The van der Waals surface area contributed by atoms with E-state index in [4.69, 9.17) is 66.9 Å². The molecule has 3 unspecified atom stereocenters. The molecular formula is C75H103Br2F6N11O7. The van der Waals surface area contributed by atoms with Crippen molar-refractivity contribution in [2.24, 2.45) is 47.9 Å². The highest BCUT2D eigenvalue weighted by atomic mass is 79.9. The van der Waals surface area contributed by atoms with Gasteiger partial charge >= 0.3 is 0 Å². The molecule has 0 aromatic heterocycles. The Bertz CT molecular complexity index is 3290. The standard InChI is InChI=1S/C14H20FNO.C13H19FN2O.C12H16BrFN2O.C12H14BrFN2O.C12H17FN2O2.C12H17FN2O/c1-11(3-4-12(2)16)13-5-7-14(8-6-13)17-10-9-15;1-11(15)16-9-2-3-12-4-6-13(7-5-12)17-10-8-14;1-8(16-9(2)15)10-3-4-12(11(13)7-10)17-6-5-14;1-9(15)7-16-8-10-2-3-12(11(13)6-10)17-5-4-14;1-10(14)15-7-9-17-12-4-2-11(3-5-12)16-8-6-13;1-9(15-10(2)14)11-3-5-12(6-4-11)16-8-7-13/h5-8,11,16H,3-4,9-10H2,1-2H3;4-7H,2-3,8-10H2,1H3,(H2,15,16);3-4,7-8H,5-6H2,1-2H3,(H2,15,16);2-3,6,8,15H,4-5,7H2,1H3;2-5H,6-9H2,1H3,(H2,14,15);3-6,9H,7-8H2,1-2H3,(H2,14,15). The number of aliphatic imine (C=N–C) groups is 5. The number of hydrogen-bond acceptors (Lipinski definition) is 14. The van der Waals surface area contributed by atoms with Gasteiger partial charge in [-0.2, -0.15) is 0 Å². The monoisotopic (exact) mass is 1540 g/mol. The summed E-state index contributed by atoms with van der Waals surface area (Å²) in [5, 5.41) is 14.6. The Morgan fingerprint density at radius 1 is 0.436 bits per heavy atom. The molecule has 10 N–H and O–H groups in total. The van der Waals surface area contributed by atoms with Gasteiger partial charge in [0.05, 0.1) is 57.5 Å². The number of ether oxygens (including phenoxy) is 7. The van der Waals surface area contributed by atoms with Crippen LogP contribution < -0.4 is 56.1 Å². The molecule has 101 heavy (non-hydrogen) atoms. The number of aryl methyl sites for hydroxylation is 1. The van der Waals surface area contributed by atoms with Crippen LogP contribution >= 0.6 is 31.9 Å². The van der Waals surface area contributed by atoms with Gasteiger partial charge in [-0.15, -0.1) is 0 Å². The predicted molar refractivity (Wildman–Crippen MR) is 409 cm³/mol. The molecule has 0 aliphatic rings. The van der Waals surface area contributed by atoms with Crippen LogP contribution in [0.4, 0.5) is 26.3 Å². The van der Waals surface area contributed by atoms with Crippen molar-refractivity contribution >= 4 is 72.8 Å². The van der Waals surface area contributed by atoms with Gasteiger partial charge in [-0.1, -0.05) is 49.4 Å². The van der Waals surface area contributed by atoms with E-state index in [9.17, 15) is 26.3 Å². The van der Waals surface area contributed by atoms with E-state index in [0.29, 0.717) is 89.2 Å². The van der Waals surface area contributed by atoms with E-state index in [1.165, 1.54) is 11.1 Å². The summed E-state index contributed by atoms with van der Waals surface area (Å²) in [6, 6.07) is 41.0. The molecule has 0 radical (unpaired) electrons. The minimum absolute atomic E-state index is 0.00785. The van der Waals surface area contributed by atoms with Crippen LogP contribution in [-0.4, -0.2) is 147 Å². The molecule has 0 aliphatic heterocycles. The third kappa shape index (κ3) is 45.7. The summed E-state index contributed by atoms with van der Waals surface area (Å²) in [6.07, 6.45) is 5.45. The maximum Gasteiger partial charge on any atom is 0.133 e. The Morgan fingerprint density at radius 2 is 0.802 bits per heavy atom. The fraction of sp³-hybridized carbons (Fsp3) is 0.427. The van der Waals surface area contributed by atoms with Crippen LogP contribution in [0.1, 0.15) is 127 Å². The van der Waals surface area contributed by atoms with Crippen molar-refractivity contribution in [2.75, 3.05) is 106 Å². The zero-order chi connectivity index (χ0) is 75.2. The lowest BCUT2D eigenvalue weighted by Gasteiger charge is -2.12. The highest BCUT2D eigenvalue weighted by molar-refractivity contribution is 9.11. The van der Waals surface area contributed by atoms with Crippen molar-refractivity contribution in [2.45, 2.75) is 106 Å². The Hall–Kier alpha value is -8.65. The number of amidine groups is 4. The first-order chi connectivity index (χ1) is 48.4. The van der Waals surface area contributed by atoms with E-state index in [1.807, 2.05) is 118 Å². The lowest BCUT2D eigenvalue weighted by molar-refractivity contribution is 0.272. The summed E-state index contributed by atoms with van der Waals surface area (Å²) in [5.41, 5.74) is 28.6. The quantitative estimate of drug-likeness (QED) is 0.00923. The van der Waals surface area contributed by atoms with Gasteiger partial charge in [-0.3, -0.25) is 25.0 Å². The van der Waals surface area contributed by atoms with Gasteiger partial charge in [-0.05, 0) is 238 Å². The van der Waals surface area contributed by atoms with Crippen LogP contribution in [0.25, 0.3) is 0 Å². The van der Waals surface area contributed by atoms with E-state index >= 15 is 0 Å². The van der Waals surface area contributed by atoms with Crippen LogP contribution in [-0.2, 0) is 6.42 Å². The second-order valence-electron chi connectivity index (χ2n) is 22.2. The number of nitrogens with two attached hydrogens (primary N) is 4. The molecular weight excluding hydrogens is 1440 g/mol. The number of benzene rings is 6. The fourth-order valence-corrected chi connectivity index (χ4v) is 9.24. The SMILES string of the molecule is CC(=N)CCC(C)c1ccc(OCCF)cc1.CC(=N)CN=Cc1ccc(OCCF)c(Br)c1.CC(N)=NC(C)c1ccc(OCCF)c(Br)c1.CC(N)=NC(C)c1ccc(OCCF)cc1.CC(N)=NCCCc1ccc(OCCF)cc1.CC(N)=NCCOc1ccc(OCCF)cc1. The lowest BCUT2D eigenvalue weighted by Crippen LogP contribution is -2.09. The van der Waals surface area contributed by atoms with Crippen LogP contribution in [0, 0.1) is 10.8 Å². The molecule has 556 valence electrons. The number of alkyl halides is 6. The first-order valence-corrected chi connectivity index (χ1v) is 34.4. The van der Waals surface area contributed by atoms with Gasteiger partial charge in [0.1, 0.15) is 127 Å². The van der Waals surface area contributed by atoms with E-state index in [0.717, 1.165) is 69.3 Å². The summed E-state index contributed by atoms with van der Waals surface area (Å²) in [7, 11) is 0. The zero-order valence-corrected chi connectivity index (χ0v) is 62.8. The zero-order valence-electron chi connectivity index (χ0n) is 59.6. The molecule has 0 bridgehead atoms. The van der Waals surface area contributed by atoms with Crippen molar-refractivity contribution in [3.63, 3.8) is 0 Å². The average molecular weight is 1540 g/mol. The molecule has 0 saturated carbocycles. The molecule has 26 heteroatoms. The van der Waals surface area contributed by atoms with Crippen LogP contribution in [0.15, 0.2) is 167 Å². The Kier molecular flexibility index (Phi) is 50.1. The molecule has 0 amide bonds. The average Bonchev–Trinajstić information content (AvgIpc) is 0.973. The first-order valence-electron chi connectivity index (χ1n) is 32.8. The number of rotatable bonds is 37. The van der Waals surface area contributed by atoms with Crippen LogP contribution in [0.5, 0.6) is 40.2 Å². The molecule has 18 nitrogen and oxygen atoms in total. The third-order valence-electron chi connectivity index (χ3n) is 13.0. The van der Waals surface area contributed by atoms with Crippen LogP contribution in [0.3, 0.4) is 0 Å². The number of nitrogens with one attached hydrogen (secondary N) is 2. The smallest absolute Gasteiger partial charge is 0.133 e. The minimum atomic E-state index is -0.506. The van der Waals surface area contributed by atoms with Gasteiger partial charge in [0, 0.05) is 24.2 Å². The second kappa shape index (κ2) is 56.0. The fourth-order valence-electron chi connectivity index (χ4n) is 8.22. The maximum absolute atomic E-state index is 12.0. The summed E-state index contributed by atoms with van der Waals surface area (Å²) < 4.78 is 109. The van der Waals surface area contributed by atoms with Crippen molar-refractivity contribution in [1.29, 1.82) is 10.8 Å². The van der Waals surface area contributed by atoms with Crippen molar-refractivity contribution < 1.29 is 59.5 Å². The Balaban J connectivity index is 0.000000606. The Morgan fingerprint density at radius 3 is 1.20 bits per heavy atom. The summed E-state index contributed by atoms with van der Waals surface area (Å²) in [5.74, 6) is 7.40. The maximum atomic E-state index is 12.0. The molecule has 0 heterocycles. The first kappa shape index (κ1) is 90.4. The van der Waals surface area contributed by atoms with Crippen LogP contribution in [0.2, 0.25) is 0 Å². The van der Waals surface area contributed by atoms with Crippen molar-refractivity contribution in [3.05, 3.63) is 170 Å². The normalized spacial score (nSPS) is 12.1. The number of halogens is 8. The van der Waals surface area contributed by atoms with Gasteiger partial charge in [0.2, 0.25) is 0 Å². The molecule has 3 atom stereocenters. The second-order valence-corrected chi connectivity index (χ2v) is 23.9. The molecule has 0 spiro atoms. The van der Waals surface area contributed by atoms with E-state index in [1.54, 1.807) is 77.2 Å². The highest BCUT2D eigenvalue weighted by Crippen LogP contribution is 2.30. The summed E-state index contributed by atoms with van der Waals surface area (Å²) in [4.78, 5) is 20.7. The molecule has 6 rings (SSSR count). The van der Waals surface area contributed by atoms with Crippen molar-refractivity contribution in [1.82, 2.24) is 0 Å². The van der Waals surface area contributed by atoms with Gasteiger partial charge in [0.25, 0.3) is 0 Å². The van der Waals surface area contributed by atoms with Crippen molar-refractivity contribution in [3.8, 4) is 40.2 Å². The predicted octanol–water partition coefficient (Wildman–Crippen LogP) is 17.1. The van der Waals surface area contributed by atoms with Gasteiger partial charge in [-0.25, -0.2) is 26.3 Å². The molecule has 0 saturated heterocycles. The van der Waals surface area contributed by atoms with Gasteiger partial charge in [0.15, 0.2) is 0 Å². The molecule has 0 fully saturated rings. The largest absolute Gasteiger partial charge is 0.492 e. The highest BCUT2D eigenvalue weighted by Gasteiger charge is 2.10. The lowest BCUT2D eigenvalue weighted by atomic mass is 9.95. The van der Waals surface area contributed by atoms with E-state index in [2.05, 4.69) is 63.7 Å². The topological polar surface area (TPSA) is 278 Å². The number of nitrogens with zero attached hydrogens (tertiary/aromatic N) is 5. The molecule has 0 aliphatic carbocycles. The molecule has 6 aromatic rings.